The van der Waals surface area contributed by atoms with Gasteiger partial charge in [0.25, 0.3) is 0 Å². The number of aliphatic hydroxyl groups is 4. The van der Waals surface area contributed by atoms with Crippen LogP contribution in [0, 0.1) is 57.7 Å². The van der Waals surface area contributed by atoms with E-state index in [0.29, 0.717) is 54.8 Å². The van der Waals surface area contributed by atoms with Gasteiger partial charge in [0.15, 0.2) is 0 Å². The summed E-state index contributed by atoms with van der Waals surface area (Å²) in [4.78, 5) is 0. The molecule has 0 aromatic carbocycles. The van der Waals surface area contributed by atoms with Crippen molar-refractivity contribution in [2.75, 3.05) is 0 Å². The van der Waals surface area contributed by atoms with Crippen molar-refractivity contribution in [1.82, 2.24) is 0 Å². The van der Waals surface area contributed by atoms with Gasteiger partial charge < -0.3 is 20.4 Å². The highest BCUT2D eigenvalue weighted by molar-refractivity contribution is 5.34. The summed E-state index contributed by atoms with van der Waals surface area (Å²) in [5.74, 6) is 3.09. The molecule has 4 nitrogen and oxygen atoms in total. The summed E-state index contributed by atoms with van der Waals surface area (Å²) >= 11 is 0. The number of hydrogen-bond donors (Lipinski definition) is 4. The van der Waals surface area contributed by atoms with E-state index < -0.39 is 29.3 Å². The van der Waals surface area contributed by atoms with E-state index in [1.165, 1.54) is 6.42 Å². The third-order valence-electron chi connectivity index (χ3n) is 13.0. The fraction of sp³-hybridized carbons (Fsp3) is 0.933. The van der Waals surface area contributed by atoms with E-state index in [1.807, 2.05) is 6.08 Å². The minimum Gasteiger partial charge on any atom is -0.393 e. The van der Waals surface area contributed by atoms with Crippen molar-refractivity contribution >= 4 is 0 Å². The average molecular weight is 475 g/mol. The highest BCUT2D eigenvalue weighted by Gasteiger charge is 2.72. The number of hydrogen-bond acceptors (Lipinski definition) is 4. The summed E-state index contributed by atoms with van der Waals surface area (Å²) in [6.07, 6.45) is 5.76. The van der Waals surface area contributed by atoms with Crippen molar-refractivity contribution in [2.45, 2.75) is 117 Å². The molecule has 0 radical (unpaired) electrons. The lowest BCUT2D eigenvalue weighted by Crippen LogP contribution is -2.72. The van der Waals surface area contributed by atoms with Crippen LogP contribution in [0.4, 0.5) is 0 Å². The monoisotopic (exact) mass is 474 g/mol. The first-order chi connectivity index (χ1) is 15.7. The van der Waals surface area contributed by atoms with E-state index in [0.717, 1.165) is 24.3 Å². The summed E-state index contributed by atoms with van der Waals surface area (Å²) in [6, 6.07) is 0. The van der Waals surface area contributed by atoms with Gasteiger partial charge in [-0.15, -0.1) is 0 Å². The molecule has 194 valence electrons. The summed E-state index contributed by atoms with van der Waals surface area (Å²) in [5, 5.41) is 45.8. The van der Waals surface area contributed by atoms with Gasteiger partial charge in [0.1, 0.15) is 5.60 Å². The van der Waals surface area contributed by atoms with Crippen LogP contribution in [-0.4, -0.2) is 44.3 Å². The molecule has 0 bridgehead atoms. The molecule has 4 N–H and O–H groups in total. The molecule has 13 unspecified atom stereocenters. The summed E-state index contributed by atoms with van der Waals surface area (Å²) in [5.41, 5.74) is -0.632. The highest BCUT2D eigenvalue weighted by Crippen LogP contribution is 2.72. The molecule has 0 heterocycles. The van der Waals surface area contributed by atoms with Gasteiger partial charge in [-0.3, -0.25) is 0 Å². The molecular weight excluding hydrogens is 424 g/mol. The lowest BCUT2D eigenvalue weighted by molar-refractivity contribution is -0.263. The van der Waals surface area contributed by atoms with Crippen LogP contribution in [0.2, 0.25) is 0 Å². The zero-order valence-corrected chi connectivity index (χ0v) is 22.6. The molecule has 0 amide bonds. The smallest absolute Gasteiger partial charge is 0.105 e. The lowest BCUT2D eigenvalue weighted by Gasteiger charge is -2.65. The van der Waals surface area contributed by atoms with E-state index in [9.17, 15) is 20.4 Å². The molecule has 13 atom stereocenters. The minimum atomic E-state index is -1.33. The maximum atomic E-state index is 12.4. The largest absolute Gasteiger partial charge is 0.393 e. The van der Waals surface area contributed by atoms with E-state index in [-0.39, 0.29) is 17.3 Å². The van der Waals surface area contributed by atoms with E-state index >= 15 is 0 Å². The normalized spacial score (nSPS) is 56.2. The molecule has 5 rings (SSSR count). The Hall–Kier alpha value is -0.420. The molecule has 4 fully saturated rings. The molecule has 5 aliphatic carbocycles. The Morgan fingerprint density at radius 2 is 1.59 bits per heavy atom. The van der Waals surface area contributed by atoms with Crippen LogP contribution in [0.25, 0.3) is 0 Å². The maximum Gasteiger partial charge on any atom is 0.105 e. The van der Waals surface area contributed by atoms with Gasteiger partial charge in [-0.1, -0.05) is 60.1 Å². The first-order valence-corrected chi connectivity index (χ1v) is 14.2. The molecule has 34 heavy (non-hydrogen) atoms. The standard InChI is InChI=1S/C30H50O4/c1-16(2)18(4)27(5)14-23(27)17(3)21-8-9-22-26-24(32)13-19-12-20(31)10-11-29(19,7)30(26,34)25(33)15-28(21,22)6/h13,16-18,20-26,31-34H,8-12,14-15H2,1-7H3. The zero-order chi connectivity index (χ0) is 25.0. The SMILES string of the molecule is CC(C)C(C)C1(C)CC1C(C)C1CCC2C3C(O)C=C4CC(O)CCC4(C)C3(O)C(O)CC12C. The molecule has 4 heteroatoms. The predicted molar refractivity (Wildman–Crippen MR) is 135 cm³/mol. The summed E-state index contributed by atoms with van der Waals surface area (Å²) < 4.78 is 0. The summed E-state index contributed by atoms with van der Waals surface area (Å²) in [7, 11) is 0. The second-order valence-electron chi connectivity index (χ2n) is 14.5. The Bertz CT molecular complexity index is 853. The number of rotatable bonds is 4. The van der Waals surface area contributed by atoms with Crippen LogP contribution < -0.4 is 0 Å². The predicted octanol–water partition coefficient (Wildman–Crippen LogP) is 4.94. The first-order valence-electron chi connectivity index (χ1n) is 14.2. The highest BCUT2D eigenvalue weighted by atomic mass is 16.3. The van der Waals surface area contributed by atoms with E-state index in [2.05, 4.69) is 48.5 Å². The van der Waals surface area contributed by atoms with Gasteiger partial charge in [-0.2, -0.15) is 0 Å². The van der Waals surface area contributed by atoms with Gasteiger partial charge in [-0.05, 0) is 91.3 Å². The Morgan fingerprint density at radius 1 is 0.912 bits per heavy atom. The van der Waals surface area contributed by atoms with E-state index in [4.69, 9.17) is 0 Å². The van der Waals surface area contributed by atoms with Crippen LogP contribution in [0.15, 0.2) is 11.6 Å². The first kappa shape index (κ1) is 25.2. The third-order valence-corrected chi connectivity index (χ3v) is 13.0. The topological polar surface area (TPSA) is 80.9 Å². The molecule has 0 aromatic heterocycles. The number of fused-ring (bicyclic) bond motifs is 5. The molecule has 0 aliphatic heterocycles. The van der Waals surface area contributed by atoms with Gasteiger partial charge in [-0.25, -0.2) is 0 Å². The van der Waals surface area contributed by atoms with Crippen molar-refractivity contribution in [3.05, 3.63) is 11.6 Å². The van der Waals surface area contributed by atoms with Gasteiger partial charge in [0, 0.05) is 11.3 Å². The van der Waals surface area contributed by atoms with Crippen LogP contribution in [-0.2, 0) is 0 Å². The van der Waals surface area contributed by atoms with Crippen LogP contribution >= 0.6 is 0 Å². The van der Waals surface area contributed by atoms with Crippen molar-refractivity contribution in [3.8, 4) is 0 Å². The van der Waals surface area contributed by atoms with Crippen molar-refractivity contribution < 1.29 is 20.4 Å². The summed E-state index contributed by atoms with van der Waals surface area (Å²) in [6.45, 7) is 16.5. The van der Waals surface area contributed by atoms with Gasteiger partial charge in [0.2, 0.25) is 0 Å². The van der Waals surface area contributed by atoms with Crippen LogP contribution in [0.5, 0.6) is 0 Å². The van der Waals surface area contributed by atoms with Gasteiger partial charge in [0.05, 0.1) is 18.3 Å². The molecular formula is C30H50O4. The molecule has 5 aliphatic rings. The number of aliphatic hydroxyl groups excluding tert-OH is 3. The third kappa shape index (κ3) is 3.10. The van der Waals surface area contributed by atoms with Crippen LogP contribution in [0.3, 0.4) is 0 Å². The Morgan fingerprint density at radius 3 is 2.24 bits per heavy atom. The van der Waals surface area contributed by atoms with Gasteiger partial charge >= 0.3 is 0 Å². The molecule has 0 spiro atoms. The lowest BCUT2D eigenvalue weighted by atomic mass is 9.43. The zero-order valence-electron chi connectivity index (χ0n) is 22.6. The van der Waals surface area contributed by atoms with E-state index in [1.54, 1.807) is 0 Å². The average Bonchev–Trinajstić information content (AvgIpc) is 3.34. The Labute approximate surface area is 207 Å². The second-order valence-corrected chi connectivity index (χ2v) is 14.5. The molecule has 0 aromatic rings. The Kier molecular flexibility index (Phi) is 5.78. The molecule has 4 saturated carbocycles. The maximum absolute atomic E-state index is 12.4. The molecule has 0 saturated heterocycles. The van der Waals surface area contributed by atoms with Crippen LogP contribution in [0.1, 0.15) is 93.4 Å². The van der Waals surface area contributed by atoms with Crippen molar-refractivity contribution in [2.24, 2.45) is 57.7 Å². The Balaban J connectivity index is 1.46. The van der Waals surface area contributed by atoms with Crippen molar-refractivity contribution in [3.63, 3.8) is 0 Å². The van der Waals surface area contributed by atoms with Crippen molar-refractivity contribution in [1.29, 1.82) is 0 Å². The fourth-order valence-corrected chi connectivity index (χ4v) is 10.4. The fourth-order valence-electron chi connectivity index (χ4n) is 10.4. The minimum absolute atomic E-state index is 0.0723. The second kappa shape index (κ2) is 7.79. The quantitative estimate of drug-likeness (QED) is 0.435.